The Morgan fingerprint density at radius 2 is 1.96 bits per heavy atom. The topological polar surface area (TPSA) is 81.5 Å². The number of nitrogens with zero attached hydrogens (tertiary/aromatic N) is 1. The first kappa shape index (κ1) is 18.1. The molecule has 0 spiro atoms. The van der Waals surface area contributed by atoms with Gasteiger partial charge in [0, 0.05) is 17.0 Å². The van der Waals surface area contributed by atoms with Crippen LogP contribution in [-0.4, -0.2) is 23.2 Å². The van der Waals surface area contributed by atoms with E-state index in [1.165, 1.54) is 30.0 Å². The van der Waals surface area contributed by atoms with E-state index >= 15 is 0 Å². The molecule has 0 aliphatic heterocycles. The Hall–Kier alpha value is -2.25. The molecule has 0 bridgehead atoms. The van der Waals surface area contributed by atoms with Crippen LogP contribution >= 0.6 is 23.4 Å². The summed E-state index contributed by atoms with van der Waals surface area (Å²) in [5.41, 5.74) is 0.0863. The molecule has 0 saturated carbocycles. The maximum Gasteiger partial charge on any atom is 0.271 e. The van der Waals surface area contributed by atoms with E-state index in [1.54, 1.807) is 14.0 Å². The number of nitrogens with one attached hydrogen (secondary N) is 1. The van der Waals surface area contributed by atoms with Gasteiger partial charge in [-0.25, -0.2) is 0 Å². The lowest BCUT2D eigenvalue weighted by Crippen LogP contribution is -2.22. The first-order valence-electron chi connectivity index (χ1n) is 6.96. The van der Waals surface area contributed by atoms with Crippen LogP contribution in [0.1, 0.15) is 6.92 Å². The Morgan fingerprint density at radius 3 is 2.54 bits per heavy atom. The van der Waals surface area contributed by atoms with Crippen molar-refractivity contribution in [2.24, 2.45) is 0 Å². The summed E-state index contributed by atoms with van der Waals surface area (Å²) in [5, 5.41) is 13.3. The molecular formula is C16H15ClN2O4S. The standard InChI is InChI=1S/C16H15ClN2O4S/c1-10(24-13-6-4-12(23-2)5-7-13)16(20)18-15-9-11(19(21)22)3-8-14(15)17/h3-10H,1-2H3,(H,18,20)/t10-/m0/s1. The van der Waals surface area contributed by atoms with Crippen molar-refractivity contribution >= 4 is 40.6 Å². The minimum atomic E-state index is -0.540. The molecule has 0 heterocycles. The molecule has 2 aromatic carbocycles. The molecule has 2 aromatic rings. The average molecular weight is 367 g/mol. The average Bonchev–Trinajstić information content (AvgIpc) is 2.57. The van der Waals surface area contributed by atoms with Crippen molar-refractivity contribution < 1.29 is 14.5 Å². The highest BCUT2D eigenvalue weighted by Gasteiger charge is 2.17. The Balaban J connectivity index is 2.05. The smallest absolute Gasteiger partial charge is 0.271 e. The van der Waals surface area contributed by atoms with Crippen LogP contribution in [0.3, 0.4) is 0 Å². The van der Waals surface area contributed by atoms with Crippen molar-refractivity contribution in [3.8, 4) is 5.75 Å². The van der Waals surface area contributed by atoms with Crippen LogP contribution in [0.25, 0.3) is 0 Å². The molecule has 0 saturated heterocycles. The highest BCUT2D eigenvalue weighted by molar-refractivity contribution is 8.00. The monoisotopic (exact) mass is 366 g/mol. The molecule has 1 atom stereocenters. The van der Waals surface area contributed by atoms with E-state index < -0.39 is 10.2 Å². The zero-order valence-electron chi connectivity index (χ0n) is 13.0. The molecule has 0 aromatic heterocycles. The number of benzene rings is 2. The van der Waals surface area contributed by atoms with Crippen LogP contribution in [0.15, 0.2) is 47.4 Å². The number of thioether (sulfide) groups is 1. The van der Waals surface area contributed by atoms with Gasteiger partial charge in [-0.3, -0.25) is 14.9 Å². The maximum absolute atomic E-state index is 12.3. The van der Waals surface area contributed by atoms with Gasteiger partial charge in [-0.2, -0.15) is 0 Å². The Labute approximate surface area is 148 Å². The van der Waals surface area contributed by atoms with Crippen LogP contribution < -0.4 is 10.1 Å². The molecule has 0 aliphatic rings. The number of carbonyl (C=O) groups excluding carboxylic acids is 1. The van der Waals surface area contributed by atoms with Gasteiger partial charge in [0.1, 0.15) is 5.75 Å². The summed E-state index contributed by atoms with van der Waals surface area (Å²) in [6, 6.07) is 11.2. The van der Waals surface area contributed by atoms with Crippen molar-refractivity contribution in [3.05, 3.63) is 57.6 Å². The number of hydrogen-bond acceptors (Lipinski definition) is 5. The highest BCUT2D eigenvalue weighted by Crippen LogP contribution is 2.29. The summed E-state index contributed by atoms with van der Waals surface area (Å²) < 4.78 is 5.09. The normalized spacial score (nSPS) is 11.6. The third kappa shape index (κ3) is 4.62. The van der Waals surface area contributed by atoms with E-state index in [0.717, 1.165) is 10.6 Å². The molecule has 0 radical (unpaired) electrons. The van der Waals surface area contributed by atoms with Crippen molar-refractivity contribution in [3.63, 3.8) is 0 Å². The molecular weight excluding hydrogens is 352 g/mol. The molecule has 126 valence electrons. The summed E-state index contributed by atoms with van der Waals surface area (Å²) >= 11 is 7.35. The summed E-state index contributed by atoms with van der Waals surface area (Å²) in [6.45, 7) is 1.75. The van der Waals surface area contributed by atoms with Crippen molar-refractivity contribution in [1.82, 2.24) is 0 Å². The summed E-state index contributed by atoms with van der Waals surface area (Å²) in [7, 11) is 1.58. The van der Waals surface area contributed by atoms with Crippen LogP contribution in [0.2, 0.25) is 5.02 Å². The lowest BCUT2D eigenvalue weighted by molar-refractivity contribution is -0.384. The van der Waals surface area contributed by atoms with Crippen LogP contribution in [0.4, 0.5) is 11.4 Å². The zero-order valence-corrected chi connectivity index (χ0v) is 14.6. The number of rotatable bonds is 6. The number of hydrogen-bond donors (Lipinski definition) is 1. The third-order valence-corrected chi connectivity index (χ3v) is 4.60. The third-order valence-electron chi connectivity index (χ3n) is 3.16. The number of methoxy groups -OCH3 is 1. The van der Waals surface area contributed by atoms with Gasteiger partial charge in [-0.1, -0.05) is 11.6 Å². The number of carbonyl (C=O) groups is 1. The first-order chi connectivity index (χ1) is 11.4. The second kappa shape index (κ2) is 8.03. The molecule has 1 N–H and O–H groups in total. The van der Waals surface area contributed by atoms with E-state index in [9.17, 15) is 14.9 Å². The number of anilines is 1. The SMILES string of the molecule is COc1ccc(S[C@@H](C)C(=O)Nc2cc([N+](=O)[O-])ccc2Cl)cc1. The van der Waals surface area contributed by atoms with Crippen LogP contribution in [0.5, 0.6) is 5.75 Å². The Bertz CT molecular complexity index is 752. The molecule has 6 nitrogen and oxygen atoms in total. The quantitative estimate of drug-likeness (QED) is 0.466. The minimum Gasteiger partial charge on any atom is -0.497 e. The number of amides is 1. The number of halogens is 1. The number of nitro groups is 1. The Morgan fingerprint density at radius 1 is 1.29 bits per heavy atom. The second-order valence-electron chi connectivity index (χ2n) is 4.85. The van der Waals surface area contributed by atoms with Gasteiger partial charge in [0.25, 0.3) is 5.69 Å². The molecule has 2 rings (SSSR count). The summed E-state index contributed by atoms with van der Waals surface area (Å²) in [4.78, 5) is 23.5. The Kier molecular flexibility index (Phi) is 6.05. The molecule has 0 aliphatic carbocycles. The molecule has 0 unspecified atom stereocenters. The summed E-state index contributed by atoms with van der Waals surface area (Å²) in [6.07, 6.45) is 0. The van der Waals surface area contributed by atoms with Crippen LogP contribution in [0, 0.1) is 10.1 Å². The summed E-state index contributed by atoms with van der Waals surface area (Å²) in [5.74, 6) is 0.443. The maximum atomic E-state index is 12.3. The lowest BCUT2D eigenvalue weighted by Gasteiger charge is -2.13. The number of ether oxygens (including phenoxy) is 1. The van der Waals surface area contributed by atoms with E-state index in [-0.39, 0.29) is 22.3 Å². The zero-order chi connectivity index (χ0) is 17.7. The van der Waals surface area contributed by atoms with Gasteiger partial charge >= 0.3 is 0 Å². The number of nitro benzene ring substituents is 1. The predicted octanol–water partition coefficient (Wildman–Crippen LogP) is 4.38. The van der Waals surface area contributed by atoms with Gasteiger partial charge in [-0.05, 0) is 37.3 Å². The molecule has 1 amide bonds. The van der Waals surface area contributed by atoms with Crippen LogP contribution in [-0.2, 0) is 4.79 Å². The fourth-order valence-electron chi connectivity index (χ4n) is 1.87. The minimum absolute atomic E-state index is 0.134. The van der Waals surface area contributed by atoms with E-state index in [0.29, 0.717) is 0 Å². The van der Waals surface area contributed by atoms with Gasteiger partial charge < -0.3 is 10.1 Å². The predicted molar refractivity (Wildman–Crippen MR) is 95.0 cm³/mol. The van der Waals surface area contributed by atoms with E-state index in [4.69, 9.17) is 16.3 Å². The fraction of sp³-hybridized carbons (Fsp3) is 0.188. The van der Waals surface area contributed by atoms with Gasteiger partial charge in [-0.15, -0.1) is 11.8 Å². The van der Waals surface area contributed by atoms with E-state index in [2.05, 4.69) is 5.32 Å². The molecule has 24 heavy (non-hydrogen) atoms. The van der Waals surface area contributed by atoms with Crippen molar-refractivity contribution in [2.75, 3.05) is 12.4 Å². The second-order valence-corrected chi connectivity index (χ2v) is 6.67. The van der Waals surface area contributed by atoms with E-state index in [1.807, 2.05) is 24.3 Å². The highest BCUT2D eigenvalue weighted by atomic mass is 35.5. The van der Waals surface area contributed by atoms with Crippen molar-refractivity contribution in [1.29, 1.82) is 0 Å². The largest absolute Gasteiger partial charge is 0.497 e. The number of non-ortho nitro benzene ring substituents is 1. The fourth-order valence-corrected chi connectivity index (χ4v) is 2.90. The van der Waals surface area contributed by atoms with Gasteiger partial charge in [0.2, 0.25) is 5.91 Å². The first-order valence-corrected chi connectivity index (χ1v) is 8.22. The van der Waals surface area contributed by atoms with Crippen molar-refractivity contribution in [2.45, 2.75) is 17.1 Å². The van der Waals surface area contributed by atoms with Gasteiger partial charge in [0.15, 0.2) is 0 Å². The van der Waals surface area contributed by atoms with Gasteiger partial charge in [0.05, 0.1) is 28.0 Å². The molecule has 8 heteroatoms. The lowest BCUT2D eigenvalue weighted by atomic mass is 10.2. The molecule has 0 fully saturated rings.